The summed E-state index contributed by atoms with van der Waals surface area (Å²) in [6.45, 7) is -1.64. The monoisotopic (exact) mass is 403 g/mol. The van der Waals surface area contributed by atoms with Crippen LogP contribution in [0.15, 0.2) is 0 Å². The quantitative estimate of drug-likeness (QED) is 0.678. The number of carboxylic acid groups (broad SMARTS) is 2. The minimum Gasteiger partial charge on any atom is -0.476 e. The molecule has 0 radical (unpaired) electrons. The number of rotatable bonds is 7. The fourth-order valence-corrected chi connectivity index (χ4v) is 1.64. The van der Waals surface area contributed by atoms with E-state index >= 15 is 0 Å². The first-order chi connectivity index (χ1) is 11.5. The third-order valence-electron chi connectivity index (χ3n) is 2.99. The van der Waals surface area contributed by atoms with Crippen LogP contribution >= 0.6 is 0 Å². The van der Waals surface area contributed by atoms with Crippen molar-refractivity contribution >= 4 is 11.9 Å². The molecule has 0 unspecified atom stereocenters. The number of carboxylic acids is 2. The summed E-state index contributed by atoms with van der Waals surface area (Å²) in [6.07, 6.45) is -9.41. The summed E-state index contributed by atoms with van der Waals surface area (Å²) in [5.74, 6) is -24.0. The lowest BCUT2D eigenvalue weighted by atomic mass is 10.0. The van der Waals surface area contributed by atoms with Crippen LogP contribution in [0, 0.1) is 0 Å². The van der Waals surface area contributed by atoms with E-state index in [2.05, 4.69) is 10.3 Å². The van der Waals surface area contributed by atoms with Gasteiger partial charge in [0, 0.05) is 13.0 Å². The Kier molecular flexibility index (Phi) is 5.22. The number of aromatic nitrogens is 3. The summed E-state index contributed by atoms with van der Waals surface area (Å²) >= 11 is 0. The van der Waals surface area contributed by atoms with Gasteiger partial charge in [0.2, 0.25) is 5.69 Å². The van der Waals surface area contributed by atoms with Gasteiger partial charge in [-0.25, -0.2) is 14.3 Å². The molecule has 0 bridgehead atoms. The van der Waals surface area contributed by atoms with Crippen molar-refractivity contribution in [3.63, 3.8) is 0 Å². The molecular formula is C10H6F9N3O4. The Labute approximate surface area is 136 Å². The number of halogens is 9. The number of alkyl halides is 9. The normalized spacial score (nSPS) is 13.7. The lowest BCUT2D eigenvalue weighted by molar-refractivity contribution is -0.397. The largest absolute Gasteiger partial charge is 0.476 e. The van der Waals surface area contributed by atoms with Crippen LogP contribution in [0.2, 0.25) is 0 Å². The highest BCUT2D eigenvalue weighted by molar-refractivity contribution is 5.98. The number of hydrogen-bond donors (Lipinski definition) is 2. The number of aryl methyl sites for hydroxylation is 1. The van der Waals surface area contributed by atoms with Gasteiger partial charge < -0.3 is 10.2 Å². The van der Waals surface area contributed by atoms with Gasteiger partial charge in [-0.3, -0.25) is 0 Å². The zero-order valence-electron chi connectivity index (χ0n) is 11.9. The summed E-state index contributed by atoms with van der Waals surface area (Å²) in [5.41, 5.74) is -2.65. The molecule has 0 spiro atoms. The van der Waals surface area contributed by atoms with Gasteiger partial charge in [-0.2, -0.15) is 39.5 Å². The van der Waals surface area contributed by atoms with Gasteiger partial charge in [0.1, 0.15) is 0 Å². The average molecular weight is 403 g/mol. The molecule has 0 saturated heterocycles. The van der Waals surface area contributed by atoms with Gasteiger partial charge in [-0.15, -0.1) is 5.10 Å². The molecule has 0 fully saturated rings. The second-order valence-electron chi connectivity index (χ2n) is 4.72. The summed E-state index contributed by atoms with van der Waals surface area (Å²) in [7, 11) is 0. The smallest absolute Gasteiger partial charge is 0.460 e. The second kappa shape index (κ2) is 6.31. The molecule has 2 N–H and O–H groups in total. The van der Waals surface area contributed by atoms with Crippen molar-refractivity contribution in [2.75, 3.05) is 0 Å². The van der Waals surface area contributed by atoms with Crippen LogP contribution in [0.25, 0.3) is 0 Å². The molecular weight excluding hydrogens is 397 g/mol. The highest BCUT2D eigenvalue weighted by Gasteiger charge is 2.81. The van der Waals surface area contributed by atoms with Gasteiger partial charge >= 0.3 is 35.9 Å². The molecule has 1 heterocycles. The van der Waals surface area contributed by atoms with Crippen LogP contribution in [0.3, 0.4) is 0 Å². The molecule has 1 rings (SSSR count). The molecule has 0 amide bonds. The minimum absolute atomic E-state index is 0.151. The Morgan fingerprint density at radius 3 is 1.77 bits per heavy atom. The van der Waals surface area contributed by atoms with Gasteiger partial charge in [-0.05, 0) is 0 Å². The molecule has 0 saturated carbocycles. The number of hydrogen-bond acceptors (Lipinski definition) is 4. The molecule has 0 atom stereocenters. The molecule has 0 aliphatic rings. The van der Waals surface area contributed by atoms with Crippen molar-refractivity contribution in [2.24, 2.45) is 0 Å². The van der Waals surface area contributed by atoms with Crippen LogP contribution in [0.4, 0.5) is 39.5 Å². The zero-order chi connectivity index (χ0) is 20.7. The summed E-state index contributed by atoms with van der Waals surface area (Å²) < 4.78 is 114. The lowest BCUT2D eigenvalue weighted by Crippen LogP contribution is -2.61. The predicted octanol–water partition coefficient (Wildman–Crippen LogP) is 2.53. The highest BCUT2D eigenvalue weighted by atomic mass is 19.4. The molecule has 0 aromatic carbocycles. The lowest BCUT2D eigenvalue weighted by Gasteiger charge is -2.33. The summed E-state index contributed by atoms with van der Waals surface area (Å²) in [4.78, 5) is 21.5. The topological polar surface area (TPSA) is 105 Å². The van der Waals surface area contributed by atoms with Gasteiger partial charge in [0.15, 0.2) is 5.69 Å². The van der Waals surface area contributed by atoms with E-state index in [1.54, 1.807) is 0 Å². The molecule has 16 heteroatoms. The first kappa shape index (κ1) is 21.5. The van der Waals surface area contributed by atoms with Crippen LogP contribution in [0.1, 0.15) is 27.4 Å². The van der Waals surface area contributed by atoms with E-state index in [0.717, 1.165) is 0 Å². The van der Waals surface area contributed by atoms with E-state index in [9.17, 15) is 49.1 Å². The number of carbonyl (C=O) groups is 2. The van der Waals surface area contributed by atoms with Gasteiger partial charge in [0.05, 0.1) is 0 Å². The summed E-state index contributed by atoms with van der Waals surface area (Å²) in [5, 5.41) is 22.9. The van der Waals surface area contributed by atoms with E-state index in [-0.39, 0.29) is 4.68 Å². The first-order valence-corrected chi connectivity index (χ1v) is 6.07. The Balaban J connectivity index is 3.17. The van der Waals surface area contributed by atoms with E-state index < -0.39 is 60.2 Å². The Morgan fingerprint density at radius 2 is 1.38 bits per heavy atom. The Hall–Kier alpha value is -2.55. The molecule has 7 nitrogen and oxygen atoms in total. The van der Waals surface area contributed by atoms with E-state index in [1.807, 2.05) is 0 Å². The maximum absolute atomic E-state index is 13.4. The van der Waals surface area contributed by atoms with Crippen molar-refractivity contribution in [2.45, 2.75) is 36.9 Å². The second-order valence-corrected chi connectivity index (χ2v) is 4.72. The SMILES string of the molecule is O=C(O)c1nnn(CCC(F)(F)C(F)(F)C(F)(F)C(F)(F)F)c1C(=O)O. The van der Waals surface area contributed by atoms with E-state index in [4.69, 9.17) is 10.2 Å². The fraction of sp³-hybridized carbons (Fsp3) is 0.600. The summed E-state index contributed by atoms with van der Waals surface area (Å²) in [6, 6.07) is 0. The van der Waals surface area contributed by atoms with Crippen LogP contribution in [0.5, 0.6) is 0 Å². The predicted molar refractivity (Wildman–Crippen MR) is 59.5 cm³/mol. The number of nitrogens with zero attached hydrogens (tertiary/aromatic N) is 3. The van der Waals surface area contributed by atoms with Crippen LogP contribution < -0.4 is 0 Å². The van der Waals surface area contributed by atoms with Crippen molar-refractivity contribution in [1.82, 2.24) is 15.0 Å². The van der Waals surface area contributed by atoms with E-state index in [0.29, 0.717) is 0 Å². The van der Waals surface area contributed by atoms with Crippen LogP contribution in [-0.4, -0.2) is 61.1 Å². The average Bonchev–Trinajstić information content (AvgIpc) is 2.87. The van der Waals surface area contributed by atoms with Crippen molar-refractivity contribution in [1.29, 1.82) is 0 Å². The molecule has 26 heavy (non-hydrogen) atoms. The zero-order valence-corrected chi connectivity index (χ0v) is 11.9. The molecule has 1 aromatic heterocycles. The maximum Gasteiger partial charge on any atom is 0.460 e. The third kappa shape index (κ3) is 3.39. The van der Waals surface area contributed by atoms with Crippen molar-refractivity contribution in [3.8, 4) is 0 Å². The first-order valence-electron chi connectivity index (χ1n) is 6.07. The van der Waals surface area contributed by atoms with Gasteiger partial charge in [0.25, 0.3) is 0 Å². The number of aromatic carboxylic acids is 2. The van der Waals surface area contributed by atoms with E-state index in [1.165, 1.54) is 0 Å². The third-order valence-corrected chi connectivity index (χ3v) is 2.99. The van der Waals surface area contributed by atoms with Crippen molar-refractivity contribution in [3.05, 3.63) is 11.4 Å². The van der Waals surface area contributed by atoms with Gasteiger partial charge in [-0.1, -0.05) is 5.21 Å². The maximum atomic E-state index is 13.4. The molecule has 1 aromatic rings. The van der Waals surface area contributed by atoms with Crippen molar-refractivity contribution < 1.29 is 59.3 Å². The van der Waals surface area contributed by atoms with Crippen LogP contribution in [-0.2, 0) is 6.54 Å². The Bertz CT molecular complexity index is 713. The molecule has 0 aliphatic carbocycles. The fourth-order valence-electron chi connectivity index (χ4n) is 1.64. The molecule has 148 valence electrons. The highest BCUT2D eigenvalue weighted by Crippen LogP contribution is 2.54. The Morgan fingerprint density at radius 1 is 0.885 bits per heavy atom. The minimum atomic E-state index is -7.09. The molecule has 0 aliphatic heterocycles. The standard InChI is InChI=1S/C10H6F9N3O4/c11-7(12,8(13,14)9(15,16)10(17,18)19)1-2-22-4(6(25)26)3(5(23)24)20-21-22/h1-2H2,(H,23,24)(H,25,26).